The Labute approximate surface area is 175 Å². The van der Waals surface area contributed by atoms with Crippen LogP contribution in [-0.4, -0.2) is 51.6 Å². The SMILES string of the molecule is CON(C)S(=O)(=O)c1ccc(NC(=O)c2cccc(NC(=O)[C@H]3CCCO3)c2)cc1. The van der Waals surface area contributed by atoms with E-state index in [2.05, 4.69) is 10.6 Å². The number of nitrogens with one attached hydrogen (secondary N) is 2. The van der Waals surface area contributed by atoms with Gasteiger partial charge in [-0.25, -0.2) is 8.42 Å². The van der Waals surface area contributed by atoms with Crippen molar-refractivity contribution in [2.45, 2.75) is 23.8 Å². The highest BCUT2D eigenvalue weighted by Gasteiger charge is 2.24. The number of anilines is 2. The van der Waals surface area contributed by atoms with E-state index < -0.39 is 22.0 Å². The van der Waals surface area contributed by atoms with Crippen LogP contribution in [0.2, 0.25) is 0 Å². The highest BCUT2D eigenvalue weighted by molar-refractivity contribution is 7.89. The molecule has 3 rings (SSSR count). The van der Waals surface area contributed by atoms with Gasteiger partial charge in [-0.3, -0.25) is 14.4 Å². The van der Waals surface area contributed by atoms with Crippen molar-refractivity contribution in [1.29, 1.82) is 0 Å². The third kappa shape index (κ3) is 5.03. The molecule has 30 heavy (non-hydrogen) atoms. The predicted molar refractivity (Wildman–Crippen MR) is 110 cm³/mol. The minimum absolute atomic E-state index is 0.0312. The van der Waals surface area contributed by atoms with Crippen LogP contribution in [0.1, 0.15) is 23.2 Å². The fourth-order valence-electron chi connectivity index (χ4n) is 2.91. The molecule has 160 valence electrons. The monoisotopic (exact) mass is 433 g/mol. The maximum atomic E-state index is 12.5. The Morgan fingerprint density at radius 3 is 2.47 bits per heavy atom. The summed E-state index contributed by atoms with van der Waals surface area (Å²) in [4.78, 5) is 29.5. The summed E-state index contributed by atoms with van der Waals surface area (Å²) in [5.74, 6) is -0.629. The fourth-order valence-corrected chi connectivity index (χ4v) is 3.88. The molecule has 1 fully saturated rings. The molecule has 2 aromatic rings. The first-order valence-electron chi connectivity index (χ1n) is 9.28. The van der Waals surface area contributed by atoms with Crippen molar-refractivity contribution in [1.82, 2.24) is 4.47 Å². The summed E-state index contributed by atoms with van der Waals surface area (Å²) >= 11 is 0. The quantitative estimate of drug-likeness (QED) is 0.648. The Morgan fingerprint density at radius 2 is 1.83 bits per heavy atom. The van der Waals surface area contributed by atoms with Gasteiger partial charge in [0.25, 0.3) is 21.8 Å². The Bertz CT molecular complexity index is 1020. The average Bonchev–Trinajstić information content (AvgIpc) is 3.29. The van der Waals surface area contributed by atoms with Crippen molar-refractivity contribution in [3.05, 3.63) is 54.1 Å². The number of carbonyl (C=O) groups is 2. The van der Waals surface area contributed by atoms with Gasteiger partial charge in [0.05, 0.1) is 12.0 Å². The van der Waals surface area contributed by atoms with E-state index in [4.69, 9.17) is 9.57 Å². The normalized spacial score (nSPS) is 16.4. The summed E-state index contributed by atoms with van der Waals surface area (Å²) in [7, 11) is -1.22. The van der Waals surface area contributed by atoms with Gasteiger partial charge in [-0.2, -0.15) is 0 Å². The molecule has 10 heteroatoms. The lowest BCUT2D eigenvalue weighted by atomic mass is 10.1. The number of ether oxygens (including phenoxy) is 1. The van der Waals surface area contributed by atoms with Crippen LogP contribution in [-0.2, 0) is 24.4 Å². The molecule has 2 aromatic carbocycles. The second kappa shape index (κ2) is 9.35. The van der Waals surface area contributed by atoms with Gasteiger partial charge in [-0.1, -0.05) is 10.5 Å². The number of hydrogen-bond acceptors (Lipinski definition) is 6. The van der Waals surface area contributed by atoms with Crippen LogP contribution in [0.4, 0.5) is 11.4 Å². The molecule has 0 radical (unpaired) electrons. The van der Waals surface area contributed by atoms with Crippen LogP contribution >= 0.6 is 0 Å². The standard InChI is InChI=1S/C20H23N3O6S/c1-23(28-2)30(26,27)17-10-8-15(9-11-17)21-19(24)14-5-3-6-16(13-14)22-20(25)18-7-4-12-29-18/h3,5-6,8-11,13,18H,4,7,12H2,1-2H3,(H,21,24)(H,22,25)/t18-/m1/s1. The highest BCUT2D eigenvalue weighted by Crippen LogP contribution is 2.20. The van der Waals surface area contributed by atoms with Gasteiger partial charge in [0.15, 0.2) is 0 Å². The lowest BCUT2D eigenvalue weighted by Crippen LogP contribution is -2.27. The van der Waals surface area contributed by atoms with Crippen LogP contribution < -0.4 is 10.6 Å². The summed E-state index contributed by atoms with van der Waals surface area (Å²) < 4.78 is 30.5. The van der Waals surface area contributed by atoms with Crippen molar-refractivity contribution < 1.29 is 27.6 Å². The molecule has 9 nitrogen and oxygen atoms in total. The number of hydrogen-bond donors (Lipinski definition) is 2. The van der Waals surface area contributed by atoms with E-state index in [1.54, 1.807) is 24.3 Å². The maximum Gasteiger partial charge on any atom is 0.264 e. The minimum Gasteiger partial charge on any atom is -0.368 e. The molecule has 0 spiro atoms. The van der Waals surface area contributed by atoms with Crippen LogP contribution in [0, 0.1) is 0 Å². The third-order valence-electron chi connectivity index (χ3n) is 4.62. The van der Waals surface area contributed by atoms with Crippen molar-refractivity contribution in [2.75, 3.05) is 31.4 Å². The van der Waals surface area contributed by atoms with Gasteiger partial charge in [-0.05, 0) is 55.3 Å². The van der Waals surface area contributed by atoms with Gasteiger partial charge < -0.3 is 15.4 Å². The smallest absolute Gasteiger partial charge is 0.264 e. The zero-order valence-corrected chi connectivity index (χ0v) is 17.4. The molecule has 0 aliphatic carbocycles. The molecule has 0 aromatic heterocycles. The van der Waals surface area contributed by atoms with Crippen molar-refractivity contribution in [3.63, 3.8) is 0 Å². The molecular weight excluding hydrogens is 410 g/mol. The van der Waals surface area contributed by atoms with E-state index in [1.807, 2.05) is 0 Å². The summed E-state index contributed by atoms with van der Waals surface area (Å²) in [6.45, 7) is 0.572. The van der Waals surface area contributed by atoms with Crippen LogP contribution in [0.3, 0.4) is 0 Å². The summed E-state index contributed by atoms with van der Waals surface area (Å²) in [6, 6.07) is 12.2. The molecule has 1 saturated heterocycles. The van der Waals surface area contributed by atoms with Gasteiger partial charge >= 0.3 is 0 Å². The second-order valence-electron chi connectivity index (χ2n) is 6.65. The van der Waals surface area contributed by atoms with Gasteiger partial charge in [0, 0.05) is 30.6 Å². The summed E-state index contributed by atoms with van der Waals surface area (Å²) in [5.41, 5.74) is 1.26. The molecule has 0 saturated carbocycles. The average molecular weight is 433 g/mol. The predicted octanol–water partition coefficient (Wildman–Crippen LogP) is 2.24. The summed E-state index contributed by atoms with van der Waals surface area (Å²) in [5, 5.41) is 5.46. The van der Waals surface area contributed by atoms with Crippen molar-refractivity contribution in [2.24, 2.45) is 0 Å². The highest BCUT2D eigenvalue weighted by atomic mass is 32.2. The first kappa shape index (κ1) is 21.9. The van der Waals surface area contributed by atoms with E-state index in [-0.39, 0.29) is 10.8 Å². The van der Waals surface area contributed by atoms with Crippen molar-refractivity contribution in [3.8, 4) is 0 Å². The number of carbonyl (C=O) groups excluding carboxylic acids is 2. The summed E-state index contributed by atoms with van der Waals surface area (Å²) in [6.07, 6.45) is 1.06. The Morgan fingerprint density at radius 1 is 1.10 bits per heavy atom. The molecule has 0 unspecified atom stereocenters. The van der Waals surface area contributed by atoms with E-state index in [0.29, 0.717) is 30.0 Å². The van der Waals surface area contributed by atoms with E-state index in [0.717, 1.165) is 10.9 Å². The second-order valence-corrected chi connectivity index (χ2v) is 8.58. The van der Waals surface area contributed by atoms with E-state index in [9.17, 15) is 18.0 Å². The van der Waals surface area contributed by atoms with Gasteiger partial charge in [0.1, 0.15) is 6.10 Å². The number of benzene rings is 2. The van der Waals surface area contributed by atoms with Crippen LogP contribution in [0.15, 0.2) is 53.4 Å². The van der Waals surface area contributed by atoms with Crippen molar-refractivity contribution >= 4 is 33.2 Å². The van der Waals surface area contributed by atoms with Gasteiger partial charge in [0.2, 0.25) is 0 Å². The van der Waals surface area contributed by atoms with Gasteiger partial charge in [-0.15, -0.1) is 0 Å². The van der Waals surface area contributed by atoms with Crippen LogP contribution in [0.25, 0.3) is 0 Å². The number of amides is 2. The molecule has 1 aliphatic heterocycles. The molecule has 2 N–H and O–H groups in total. The third-order valence-corrected chi connectivity index (χ3v) is 6.31. The maximum absolute atomic E-state index is 12.5. The lowest BCUT2D eigenvalue weighted by Gasteiger charge is -2.14. The van der Waals surface area contributed by atoms with E-state index >= 15 is 0 Å². The fraction of sp³-hybridized carbons (Fsp3) is 0.300. The molecule has 1 aliphatic rings. The molecule has 0 bridgehead atoms. The number of sulfonamides is 1. The topological polar surface area (TPSA) is 114 Å². The first-order valence-corrected chi connectivity index (χ1v) is 10.7. The molecular formula is C20H23N3O6S. The van der Waals surface area contributed by atoms with E-state index in [1.165, 1.54) is 38.4 Å². The first-order chi connectivity index (χ1) is 14.3. The number of hydroxylamine groups is 1. The largest absolute Gasteiger partial charge is 0.368 e. The van der Waals surface area contributed by atoms with Crippen LogP contribution in [0.5, 0.6) is 0 Å². The number of rotatable bonds is 7. The zero-order chi connectivity index (χ0) is 21.7. The minimum atomic E-state index is -3.76. The Balaban J connectivity index is 1.66. The zero-order valence-electron chi connectivity index (χ0n) is 16.6. The molecule has 2 amide bonds. The number of nitrogens with zero attached hydrogens (tertiary/aromatic N) is 1. The lowest BCUT2D eigenvalue weighted by molar-refractivity contribution is -0.124. The molecule has 1 atom stereocenters. The Kier molecular flexibility index (Phi) is 6.83. The Hall–Kier alpha value is -2.79. The molecule has 1 heterocycles.